The lowest BCUT2D eigenvalue weighted by molar-refractivity contribution is -0.330. The highest BCUT2D eigenvalue weighted by Crippen LogP contribution is 2.34. The fraction of sp³-hybridized carbons (Fsp3) is 0.185. The van der Waals surface area contributed by atoms with Crippen molar-refractivity contribution in [1.29, 1.82) is 0 Å². The zero-order valence-corrected chi connectivity index (χ0v) is 19.1. The lowest BCUT2D eigenvalue weighted by atomic mass is 10.0. The van der Waals surface area contributed by atoms with Crippen LogP contribution < -0.4 is 5.32 Å². The minimum Gasteiger partial charge on any atom is -0.508 e. The summed E-state index contributed by atoms with van der Waals surface area (Å²) >= 11 is 0. The number of rotatable bonds is 7. The van der Waals surface area contributed by atoms with Crippen LogP contribution in [0.15, 0.2) is 90.1 Å². The molecule has 5 rings (SSSR count). The van der Waals surface area contributed by atoms with Crippen molar-refractivity contribution in [3.8, 4) is 11.5 Å². The smallest absolute Gasteiger partial charge is 0.290 e. The first-order valence-electron chi connectivity index (χ1n) is 11.2. The van der Waals surface area contributed by atoms with E-state index >= 15 is 0 Å². The number of nitrogens with one attached hydrogen (secondary N) is 1. The second-order valence-electron chi connectivity index (χ2n) is 8.50. The minimum absolute atomic E-state index is 0.125. The van der Waals surface area contributed by atoms with Gasteiger partial charge in [-0.3, -0.25) is 9.69 Å². The molecule has 8 heteroatoms. The van der Waals surface area contributed by atoms with Crippen molar-refractivity contribution in [2.45, 2.75) is 24.6 Å². The quantitative estimate of drug-likeness (QED) is 0.361. The number of amidine groups is 1. The largest absolute Gasteiger partial charge is 0.508 e. The van der Waals surface area contributed by atoms with Crippen LogP contribution in [0.5, 0.6) is 11.5 Å². The summed E-state index contributed by atoms with van der Waals surface area (Å²) in [7, 11) is 1.35. The summed E-state index contributed by atoms with van der Waals surface area (Å²) in [6, 6.07) is 22.9. The number of hydrogen-bond donors (Lipinski definition) is 3. The third-order valence-electron chi connectivity index (χ3n) is 6.06. The van der Waals surface area contributed by atoms with E-state index in [9.17, 15) is 15.0 Å². The predicted octanol–water partition coefficient (Wildman–Crippen LogP) is 3.37. The molecule has 2 aliphatic rings. The molecular weight excluding hydrogens is 446 g/mol. The molecule has 35 heavy (non-hydrogen) atoms. The monoisotopic (exact) mass is 471 g/mol. The second kappa shape index (κ2) is 9.25. The molecule has 2 aliphatic heterocycles. The zero-order valence-electron chi connectivity index (χ0n) is 19.1. The molecular formula is C27H25N3O5. The number of hydrogen-bond acceptors (Lipinski definition) is 7. The number of carbonyl (C=O) groups excluding carboxylic acids is 1. The Morgan fingerprint density at radius 3 is 2.26 bits per heavy atom. The number of fused-ring (bicyclic) bond motifs is 1. The van der Waals surface area contributed by atoms with E-state index in [1.54, 1.807) is 54.7 Å². The van der Waals surface area contributed by atoms with E-state index in [2.05, 4.69) is 5.32 Å². The third kappa shape index (κ3) is 4.49. The van der Waals surface area contributed by atoms with Gasteiger partial charge in [-0.1, -0.05) is 42.5 Å². The summed E-state index contributed by atoms with van der Waals surface area (Å²) in [6.07, 6.45) is 2.41. The molecule has 0 aromatic heterocycles. The van der Waals surface area contributed by atoms with Crippen molar-refractivity contribution in [1.82, 2.24) is 10.2 Å². The Labute approximate surface area is 202 Å². The second-order valence-corrected chi connectivity index (χ2v) is 8.50. The SMILES string of the molecule is COOC1(Cc2ccc(O)cc2)N=C2C(Cc3ccccc3)NC(c3ccc(O)cc3)=CN2C1=O. The average Bonchev–Trinajstić information content (AvgIpc) is 3.13. The highest BCUT2D eigenvalue weighted by atomic mass is 17.2. The Hall–Kier alpha value is -4.14. The average molecular weight is 472 g/mol. The number of aromatic hydroxyl groups is 2. The molecule has 0 bridgehead atoms. The maximum absolute atomic E-state index is 13.8. The molecule has 2 heterocycles. The van der Waals surface area contributed by atoms with Gasteiger partial charge in [0.1, 0.15) is 17.3 Å². The van der Waals surface area contributed by atoms with Gasteiger partial charge in [0, 0.05) is 12.6 Å². The van der Waals surface area contributed by atoms with Gasteiger partial charge in [0.25, 0.3) is 11.6 Å². The molecule has 3 aromatic carbocycles. The minimum atomic E-state index is -1.61. The molecule has 0 saturated carbocycles. The third-order valence-corrected chi connectivity index (χ3v) is 6.06. The molecule has 1 amide bonds. The summed E-state index contributed by atoms with van der Waals surface area (Å²) in [5, 5.41) is 22.9. The van der Waals surface area contributed by atoms with Gasteiger partial charge in [-0.25, -0.2) is 9.88 Å². The first kappa shape index (κ1) is 22.6. The van der Waals surface area contributed by atoms with Gasteiger partial charge < -0.3 is 15.5 Å². The van der Waals surface area contributed by atoms with E-state index in [0.29, 0.717) is 12.3 Å². The first-order valence-corrected chi connectivity index (χ1v) is 11.2. The zero-order chi connectivity index (χ0) is 24.4. The van der Waals surface area contributed by atoms with Crippen molar-refractivity contribution < 1.29 is 24.8 Å². The number of benzene rings is 3. The molecule has 0 aliphatic carbocycles. The van der Waals surface area contributed by atoms with Crippen LogP contribution in [0.3, 0.4) is 0 Å². The normalized spacial score (nSPS) is 21.2. The molecule has 0 radical (unpaired) electrons. The van der Waals surface area contributed by atoms with Gasteiger partial charge >= 0.3 is 0 Å². The first-order chi connectivity index (χ1) is 17.0. The van der Waals surface area contributed by atoms with Gasteiger partial charge in [0.15, 0.2) is 0 Å². The van der Waals surface area contributed by atoms with Gasteiger partial charge in [-0.15, -0.1) is 0 Å². The lowest BCUT2D eigenvalue weighted by Gasteiger charge is -2.31. The summed E-state index contributed by atoms with van der Waals surface area (Å²) in [5.41, 5.74) is 1.76. The van der Waals surface area contributed by atoms with Gasteiger partial charge in [0.2, 0.25) is 0 Å². The van der Waals surface area contributed by atoms with E-state index in [0.717, 1.165) is 22.4 Å². The number of amides is 1. The van der Waals surface area contributed by atoms with E-state index in [1.807, 2.05) is 30.3 Å². The maximum atomic E-state index is 13.8. The number of carbonyl (C=O) groups is 1. The van der Waals surface area contributed by atoms with E-state index < -0.39 is 5.72 Å². The summed E-state index contributed by atoms with van der Waals surface area (Å²) < 4.78 is 0. The Morgan fingerprint density at radius 1 is 0.943 bits per heavy atom. The van der Waals surface area contributed by atoms with Crippen LogP contribution in [0, 0.1) is 0 Å². The highest BCUT2D eigenvalue weighted by molar-refractivity contribution is 6.12. The molecule has 178 valence electrons. The van der Waals surface area contributed by atoms with Gasteiger partial charge in [0.05, 0.1) is 18.8 Å². The molecule has 0 spiro atoms. The maximum Gasteiger partial charge on any atom is 0.290 e. The topological polar surface area (TPSA) is 104 Å². The molecule has 0 saturated heterocycles. The van der Waals surface area contributed by atoms with E-state index in [1.165, 1.54) is 12.0 Å². The van der Waals surface area contributed by atoms with Crippen molar-refractivity contribution in [2.24, 2.45) is 4.99 Å². The number of aliphatic imine (C=N–C) groups is 1. The van der Waals surface area contributed by atoms with Crippen LogP contribution in [0.4, 0.5) is 0 Å². The van der Waals surface area contributed by atoms with Crippen LogP contribution in [0.1, 0.15) is 16.7 Å². The Bertz CT molecular complexity index is 1270. The molecule has 3 N–H and O–H groups in total. The summed E-state index contributed by atoms with van der Waals surface area (Å²) in [4.78, 5) is 30.7. The summed E-state index contributed by atoms with van der Waals surface area (Å²) in [5.74, 6) is 0.438. The predicted molar refractivity (Wildman–Crippen MR) is 130 cm³/mol. The lowest BCUT2D eigenvalue weighted by Crippen LogP contribution is -2.50. The van der Waals surface area contributed by atoms with Crippen LogP contribution >= 0.6 is 0 Å². The molecule has 0 fully saturated rings. The van der Waals surface area contributed by atoms with Crippen molar-refractivity contribution >= 4 is 17.4 Å². The van der Waals surface area contributed by atoms with E-state index in [4.69, 9.17) is 14.8 Å². The highest BCUT2D eigenvalue weighted by Gasteiger charge is 2.53. The Morgan fingerprint density at radius 2 is 1.60 bits per heavy atom. The van der Waals surface area contributed by atoms with Crippen molar-refractivity contribution in [3.05, 3.63) is 102 Å². The fourth-order valence-electron chi connectivity index (χ4n) is 4.39. The van der Waals surface area contributed by atoms with Crippen LogP contribution in [0.25, 0.3) is 5.70 Å². The summed E-state index contributed by atoms with van der Waals surface area (Å²) in [6.45, 7) is 0. The van der Waals surface area contributed by atoms with Gasteiger partial charge in [-0.2, -0.15) is 4.89 Å². The van der Waals surface area contributed by atoms with Gasteiger partial charge in [-0.05, 0) is 59.5 Å². The molecule has 3 aromatic rings. The van der Waals surface area contributed by atoms with Crippen molar-refractivity contribution in [3.63, 3.8) is 0 Å². The standard InChI is InChI=1S/C27H25N3O5/c1-34-35-27(16-19-7-11-21(31)12-8-19)26(33)30-17-24(20-9-13-22(32)14-10-20)28-23(25(30)29-27)15-18-5-3-2-4-6-18/h2-14,17,23,28,31-32H,15-16H2,1H3. The Balaban J connectivity index is 1.56. The molecule has 2 unspecified atom stereocenters. The number of nitrogens with zero attached hydrogens (tertiary/aromatic N) is 2. The van der Waals surface area contributed by atoms with E-state index in [-0.39, 0.29) is 29.9 Å². The molecule has 2 atom stereocenters. The van der Waals surface area contributed by atoms with Crippen LogP contribution in [-0.2, 0) is 27.4 Å². The molecule has 8 nitrogen and oxygen atoms in total. The Kier molecular flexibility index (Phi) is 5.98. The van der Waals surface area contributed by atoms with Crippen molar-refractivity contribution in [2.75, 3.05) is 7.11 Å². The number of phenols is 2. The number of phenolic OH excluding ortho intramolecular Hbond substituents is 2. The van der Waals surface area contributed by atoms with Crippen LogP contribution in [-0.4, -0.2) is 45.7 Å². The fourth-order valence-corrected chi connectivity index (χ4v) is 4.39. The van der Waals surface area contributed by atoms with Crippen LogP contribution in [0.2, 0.25) is 0 Å².